The monoisotopic (exact) mass is 463 g/mol. The Labute approximate surface area is 188 Å². The molecule has 0 radical (unpaired) electrons. The van der Waals surface area contributed by atoms with Crippen LogP contribution < -0.4 is 10.1 Å². The number of thioether (sulfide) groups is 1. The minimum Gasteiger partial charge on any atom is -0.484 e. The van der Waals surface area contributed by atoms with Gasteiger partial charge in [-0.15, -0.1) is 10.2 Å². The van der Waals surface area contributed by atoms with E-state index in [0.29, 0.717) is 38.6 Å². The first-order valence-electron chi connectivity index (χ1n) is 9.41. The molecular formula is C20H19Cl2N5O2S. The van der Waals surface area contributed by atoms with E-state index in [-0.39, 0.29) is 17.8 Å². The molecule has 10 heteroatoms. The van der Waals surface area contributed by atoms with Crippen LogP contribution in [0.15, 0.2) is 47.8 Å². The fraction of sp³-hybridized carbons (Fsp3) is 0.300. The van der Waals surface area contributed by atoms with E-state index in [9.17, 15) is 4.79 Å². The van der Waals surface area contributed by atoms with Crippen LogP contribution in [0.4, 0.5) is 5.82 Å². The Morgan fingerprint density at radius 2 is 2.07 bits per heavy atom. The van der Waals surface area contributed by atoms with Crippen LogP contribution in [0.3, 0.4) is 0 Å². The molecule has 1 fully saturated rings. The molecule has 1 aliphatic rings. The van der Waals surface area contributed by atoms with E-state index in [2.05, 4.69) is 25.1 Å². The summed E-state index contributed by atoms with van der Waals surface area (Å²) in [5.74, 6) is 1.59. The van der Waals surface area contributed by atoms with Gasteiger partial charge in [0.05, 0.1) is 15.3 Å². The maximum atomic E-state index is 12.6. The van der Waals surface area contributed by atoms with E-state index in [1.165, 1.54) is 18.0 Å². The number of nitrogens with one attached hydrogen (secondary N) is 1. The molecule has 30 heavy (non-hydrogen) atoms. The van der Waals surface area contributed by atoms with Gasteiger partial charge in [0.2, 0.25) is 5.91 Å². The van der Waals surface area contributed by atoms with Crippen molar-refractivity contribution < 1.29 is 9.53 Å². The minimum absolute atomic E-state index is 0.172. The molecule has 0 spiro atoms. The second-order valence-corrected chi connectivity index (χ2v) is 8.98. The smallest absolute Gasteiger partial charge is 0.238 e. The average Bonchev–Trinajstić information content (AvgIpc) is 3.50. The maximum absolute atomic E-state index is 12.6. The molecule has 2 heterocycles. The molecule has 4 rings (SSSR count). The van der Waals surface area contributed by atoms with Crippen molar-refractivity contribution in [2.75, 3.05) is 5.32 Å². The molecule has 7 nitrogen and oxygen atoms in total. The third kappa shape index (κ3) is 5.06. The van der Waals surface area contributed by atoms with Gasteiger partial charge in [0, 0.05) is 12.2 Å². The van der Waals surface area contributed by atoms with Crippen LogP contribution >= 0.6 is 35.0 Å². The number of hydrogen-bond acceptors (Lipinski definition) is 6. The Kier molecular flexibility index (Phi) is 6.46. The van der Waals surface area contributed by atoms with Gasteiger partial charge in [-0.05, 0) is 44.0 Å². The molecule has 0 saturated heterocycles. The summed E-state index contributed by atoms with van der Waals surface area (Å²) in [6, 6.07) is 11.0. The van der Waals surface area contributed by atoms with Crippen molar-refractivity contribution in [2.24, 2.45) is 0 Å². The van der Waals surface area contributed by atoms with E-state index in [1.807, 2.05) is 25.1 Å². The van der Waals surface area contributed by atoms with Crippen molar-refractivity contribution in [2.45, 2.75) is 42.8 Å². The molecule has 1 amide bonds. The average molecular weight is 464 g/mol. The second kappa shape index (κ2) is 9.24. The van der Waals surface area contributed by atoms with Crippen LogP contribution in [0.1, 0.15) is 31.6 Å². The van der Waals surface area contributed by atoms with Crippen LogP contribution in [0.2, 0.25) is 10.0 Å². The van der Waals surface area contributed by atoms with Crippen LogP contribution in [0, 0.1) is 0 Å². The van der Waals surface area contributed by atoms with Crippen LogP contribution in [-0.2, 0) is 11.4 Å². The van der Waals surface area contributed by atoms with E-state index in [1.54, 1.807) is 18.2 Å². The molecule has 0 unspecified atom stereocenters. The van der Waals surface area contributed by atoms with Gasteiger partial charge in [-0.25, -0.2) is 4.98 Å². The number of benzene rings is 1. The largest absolute Gasteiger partial charge is 0.484 e. The van der Waals surface area contributed by atoms with Gasteiger partial charge in [-0.1, -0.05) is 47.1 Å². The van der Waals surface area contributed by atoms with Crippen molar-refractivity contribution in [1.82, 2.24) is 19.7 Å². The molecule has 2 aromatic heterocycles. The summed E-state index contributed by atoms with van der Waals surface area (Å²) in [6.07, 6.45) is 3.60. The second-order valence-electron chi connectivity index (χ2n) is 6.83. The lowest BCUT2D eigenvalue weighted by molar-refractivity contribution is -0.115. The molecule has 1 aromatic carbocycles. The Balaban J connectivity index is 1.43. The number of nitrogens with zero attached hydrogens (tertiary/aromatic N) is 4. The van der Waals surface area contributed by atoms with Crippen molar-refractivity contribution in [1.29, 1.82) is 0 Å². The molecule has 0 bridgehead atoms. The summed E-state index contributed by atoms with van der Waals surface area (Å²) < 4.78 is 7.89. The number of carbonyl (C=O) groups is 1. The normalized spacial score (nSPS) is 14.4. The maximum Gasteiger partial charge on any atom is 0.238 e. The van der Waals surface area contributed by atoms with Crippen molar-refractivity contribution in [3.63, 3.8) is 0 Å². The predicted molar refractivity (Wildman–Crippen MR) is 117 cm³/mol. The fourth-order valence-electron chi connectivity index (χ4n) is 2.78. The Morgan fingerprint density at radius 3 is 2.77 bits per heavy atom. The lowest BCUT2D eigenvalue weighted by Gasteiger charge is -2.13. The Morgan fingerprint density at radius 1 is 1.27 bits per heavy atom. The number of hydrogen-bond donors (Lipinski definition) is 1. The molecule has 0 aliphatic heterocycles. The van der Waals surface area contributed by atoms with E-state index in [4.69, 9.17) is 27.9 Å². The summed E-state index contributed by atoms with van der Waals surface area (Å²) >= 11 is 13.3. The first kappa shape index (κ1) is 21.0. The number of ether oxygens (including phenoxy) is 1. The summed E-state index contributed by atoms with van der Waals surface area (Å²) in [5.41, 5.74) is 0. The highest BCUT2D eigenvalue weighted by molar-refractivity contribution is 8.00. The molecule has 1 N–H and O–H groups in total. The molecule has 156 valence electrons. The molecule has 1 saturated carbocycles. The lowest BCUT2D eigenvalue weighted by atomic mass is 10.3. The van der Waals surface area contributed by atoms with E-state index in [0.717, 1.165) is 12.8 Å². The highest BCUT2D eigenvalue weighted by Crippen LogP contribution is 2.40. The predicted octanol–water partition coefficient (Wildman–Crippen LogP) is 5.01. The number of anilines is 1. The Bertz CT molecular complexity index is 1040. The quantitative estimate of drug-likeness (QED) is 0.472. The number of halogens is 2. The zero-order chi connectivity index (χ0) is 21.1. The summed E-state index contributed by atoms with van der Waals surface area (Å²) in [6.45, 7) is 2.07. The molecule has 3 aromatic rings. The molecular weight excluding hydrogens is 445 g/mol. The van der Waals surface area contributed by atoms with Crippen LogP contribution in [-0.4, -0.2) is 30.9 Å². The topological polar surface area (TPSA) is 81.9 Å². The standard InChI is InChI=1S/C20H19Cl2N5O2S/c1-12(19(28)24-17-9-6-13(21)10-23-17)30-20-26-25-18(27(20)14-7-8-14)11-29-16-5-3-2-4-15(16)22/h2-6,9-10,12,14H,7-8,11H2,1H3,(H,23,24,28)/t12-/m1/s1. The Hall–Kier alpha value is -2.29. The molecule has 1 aliphatic carbocycles. The van der Waals surface area contributed by atoms with Gasteiger partial charge in [-0.2, -0.15) is 0 Å². The van der Waals surface area contributed by atoms with Gasteiger partial charge in [0.1, 0.15) is 18.2 Å². The number of carbonyl (C=O) groups excluding carboxylic acids is 1. The van der Waals surface area contributed by atoms with Crippen molar-refractivity contribution >= 4 is 46.7 Å². The number of amides is 1. The van der Waals surface area contributed by atoms with Crippen molar-refractivity contribution in [3.8, 4) is 5.75 Å². The highest BCUT2D eigenvalue weighted by atomic mass is 35.5. The number of aromatic nitrogens is 4. The summed E-state index contributed by atoms with van der Waals surface area (Å²) in [7, 11) is 0. The number of pyridine rings is 1. The van der Waals surface area contributed by atoms with Gasteiger partial charge in [0.25, 0.3) is 0 Å². The first-order chi connectivity index (χ1) is 14.5. The van der Waals surface area contributed by atoms with Gasteiger partial charge in [0.15, 0.2) is 11.0 Å². The van der Waals surface area contributed by atoms with E-state index < -0.39 is 0 Å². The SMILES string of the molecule is C[C@@H](Sc1nnc(COc2ccccc2Cl)n1C1CC1)C(=O)Nc1ccc(Cl)cn1. The van der Waals surface area contributed by atoms with Crippen molar-refractivity contribution in [3.05, 3.63) is 58.5 Å². The zero-order valence-electron chi connectivity index (χ0n) is 16.1. The number of para-hydroxylation sites is 1. The van der Waals surface area contributed by atoms with Gasteiger partial charge < -0.3 is 10.1 Å². The minimum atomic E-state index is -0.387. The third-order valence-electron chi connectivity index (χ3n) is 4.47. The van der Waals surface area contributed by atoms with Crippen LogP contribution in [0.25, 0.3) is 0 Å². The lowest BCUT2D eigenvalue weighted by Crippen LogP contribution is -2.23. The third-order valence-corrected chi connectivity index (χ3v) is 6.06. The zero-order valence-corrected chi connectivity index (χ0v) is 18.4. The summed E-state index contributed by atoms with van der Waals surface area (Å²) in [5, 5.41) is 12.8. The van der Waals surface area contributed by atoms with Gasteiger partial charge in [-0.3, -0.25) is 9.36 Å². The fourth-order valence-corrected chi connectivity index (χ4v) is 4.02. The first-order valence-corrected chi connectivity index (χ1v) is 11.0. The number of rotatable bonds is 8. The van der Waals surface area contributed by atoms with Gasteiger partial charge >= 0.3 is 0 Å². The van der Waals surface area contributed by atoms with Crippen LogP contribution in [0.5, 0.6) is 5.75 Å². The molecule has 1 atom stereocenters. The van der Waals surface area contributed by atoms with E-state index >= 15 is 0 Å². The summed E-state index contributed by atoms with van der Waals surface area (Å²) in [4.78, 5) is 16.6. The highest BCUT2D eigenvalue weighted by Gasteiger charge is 2.31.